The van der Waals surface area contributed by atoms with Gasteiger partial charge in [0.2, 0.25) is 0 Å². The molecule has 4 rings (SSSR count). The van der Waals surface area contributed by atoms with Crippen LogP contribution in [0.2, 0.25) is 0 Å². The van der Waals surface area contributed by atoms with Gasteiger partial charge in [-0.25, -0.2) is 4.98 Å². The predicted octanol–water partition coefficient (Wildman–Crippen LogP) is 4.37. The first kappa shape index (κ1) is 16.3. The zero-order valence-corrected chi connectivity index (χ0v) is 15.5. The zero-order chi connectivity index (χ0) is 17.2. The molecule has 2 aromatic heterocycles. The van der Waals surface area contributed by atoms with Crippen molar-refractivity contribution in [2.24, 2.45) is 0 Å². The second-order valence-corrected chi connectivity index (χ2v) is 7.86. The molecule has 0 N–H and O–H groups in total. The largest absolute Gasteiger partial charge is 0.347 e. The molecule has 0 saturated carbocycles. The Labute approximate surface area is 152 Å². The summed E-state index contributed by atoms with van der Waals surface area (Å²) in [6, 6.07) is 10.9. The summed E-state index contributed by atoms with van der Waals surface area (Å²) in [7, 11) is 0. The van der Waals surface area contributed by atoms with Crippen molar-refractivity contribution in [3.63, 3.8) is 0 Å². The van der Waals surface area contributed by atoms with Crippen LogP contribution in [-0.4, -0.2) is 32.8 Å². The molecule has 1 saturated heterocycles. The molecule has 25 heavy (non-hydrogen) atoms. The lowest BCUT2D eigenvalue weighted by Crippen LogP contribution is -2.35. The lowest BCUT2D eigenvalue weighted by atomic mass is 9.97. The van der Waals surface area contributed by atoms with Crippen LogP contribution in [0.3, 0.4) is 0 Å². The third kappa shape index (κ3) is 3.31. The normalized spacial score (nSPS) is 18.0. The molecule has 3 aromatic rings. The topological polar surface area (TPSA) is 46.8 Å². The number of rotatable bonds is 4. The number of anilines is 1. The Balaban J connectivity index is 1.54. The smallest absolute Gasteiger partial charge is 0.185 e. The van der Waals surface area contributed by atoms with Crippen LogP contribution in [-0.2, 0) is 0 Å². The monoisotopic (exact) mass is 353 g/mol. The van der Waals surface area contributed by atoms with E-state index in [9.17, 15) is 0 Å². The van der Waals surface area contributed by atoms with E-state index in [1.165, 1.54) is 16.9 Å². The Morgan fingerprint density at radius 1 is 1.20 bits per heavy atom. The van der Waals surface area contributed by atoms with Gasteiger partial charge in [-0.2, -0.15) is 0 Å². The molecule has 1 aromatic carbocycles. The number of hydrogen-bond donors (Lipinski definition) is 0. The van der Waals surface area contributed by atoms with Gasteiger partial charge in [0.05, 0.1) is 4.88 Å². The maximum absolute atomic E-state index is 4.69. The number of nitrogens with zero attached hydrogens (tertiary/aromatic N) is 5. The first-order valence-electron chi connectivity index (χ1n) is 8.88. The van der Waals surface area contributed by atoms with Crippen molar-refractivity contribution in [2.75, 3.05) is 18.0 Å². The average Bonchev–Trinajstić information content (AvgIpc) is 3.32. The van der Waals surface area contributed by atoms with Crippen LogP contribution in [0.5, 0.6) is 0 Å². The van der Waals surface area contributed by atoms with Gasteiger partial charge in [0.1, 0.15) is 12.2 Å². The quantitative estimate of drug-likeness (QED) is 0.699. The van der Waals surface area contributed by atoms with Gasteiger partial charge in [-0.1, -0.05) is 41.7 Å². The molecule has 0 aliphatic carbocycles. The molecular formula is C19H23N5S. The highest BCUT2D eigenvalue weighted by atomic mass is 32.1. The van der Waals surface area contributed by atoms with Gasteiger partial charge in [0, 0.05) is 31.2 Å². The predicted molar refractivity (Wildman–Crippen MR) is 102 cm³/mol. The highest BCUT2D eigenvalue weighted by Crippen LogP contribution is 2.35. The summed E-state index contributed by atoms with van der Waals surface area (Å²) in [5.74, 6) is 1.53. The number of thiazole rings is 1. The molecule has 0 bridgehead atoms. The van der Waals surface area contributed by atoms with Crippen molar-refractivity contribution in [2.45, 2.75) is 38.6 Å². The third-order valence-corrected chi connectivity index (χ3v) is 5.87. The Morgan fingerprint density at radius 3 is 2.84 bits per heavy atom. The highest BCUT2D eigenvalue weighted by molar-refractivity contribution is 7.18. The molecular weight excluding hydrogens is 330 g/mol. The van der Waals surface area contributed by atoms with Crippen molar-refractivity contribution in [1.82, 2.24) is 19.7 Å². The summed E-state index contributed by atoms with van der Waals surface area (Å²) in [5.41, 5.74) is 1.24. The summed E-state index contributed by atoms with van der Waals surface area (Å²) < 4.78 is 2.20. The summed E-state index contributed by atoms with van der Waals surface area (Å²) >= 11 is 1.77. The molecule has 1 fully saturated rings. The van der Waals surface area contributed by atoms with Gasteiger partial charge in [-0.15, -0.1) is 10.2 Å². The molecule has 1 unspecified atom stereocenters. The fraction of sp³-hybridized carbons (Fsp3) is 0.421. The number of aromatic nitrogens is 4. The van der Waals surface area contributed by atoms with Crippen LogP contribution < -0.4 is 4.90 Å². The fourth-order valence-electron chi connectivity index (χ4n) is 3.45. The van der Waals surface area contributed by atoms with E-state index in [-0.39, 0.29) is 0 Å². The molecule has 0 amide bonds. The standard InChI is InChI=1S/C19H23N5S/c1-14(2)24-13-21-22-18(24)16-9-6-10-23(12-16)19-20-11-17(25-19)15-7-4-3-5-8-15/h3-5,7-8,11,13-14,16H,6,9-10,12H2,1-2H3. The Morgan fingerprint density at radius 2 is 2.04 bits per heavy atom. The van der Waals surface area contributed by atoms with Crippen LogP contribution in [0.1, 0.15) is 44.5 Å². The van der Waals surface area contributed by atoms with Gasteiger partial charge in [0.15, 0.2) is 5.13 Å². The van der Waals surface area contributed by atoms with E-state index in [1.54, 1.807) is 11.3 Å². The van der Waals surface area contributed by atoms with E-state index in [0.717, 1.165) is 30.5 Å². The third-order valence-electron chi connectivity index (χ3n) is 4.77. The van der Waals surface area contributed by atoms with E-state index in [2.05, 4.69) is 57.8 Å². The molecule has 1 aliphatic heterocycles. The van der Waals surface area contributed by atoms with Crippen molar-refractivity contribution >= 4 is 16.5 Å². The van der Waals surface area contributed by atoms with E-state index in [0.29, 0.717) is 12.0 Å². The van der Waals surface area contributed by atoms with Gasteiger partial charge < -0.3 is 9.47 Å². The van der Waals surface area contributed by atoms with E-state index in [1.807, 2.05) is 18.6 Å². The van der Waals surface area contributed by atoms with Gasteiger partial charge in [0.25, 0.3) is 0 Å². The number of benzene rings is 1. The van der Waals surface area contributed by atoms with E-state index < -0.39 is 0 Å². The molecule has 1 aliphatic rings. The molecule has 130 valence electrons. The molecule has 3 heterocycles. The fourth-order valence-corrected chi connectivity index (χ4v) is 4.41. The zero-order valence-electron chi connectivity index (χ0n) is 14.7. The SMILES string of the molecule is CC(C)n1cnnc1C1CCCN(c2ncc(-c3ccccc3)s2)C1. The van der Waals surface area contributed by atoms with Crippen molar-refractivity contribution in [3.05, 3.63) is 48.7 Å². The minimum absolute atomic E-state index is 0.393. The molecule has 0 radical (unpaired) electrons. The van der Waals surface area contributed by atoms with Crippen molar-refractivity contribution < 1.29 is 0 Å². The molecule has 1 atom stereocenters. The maximum Gasteiger partial charge on any atom is 0.185 e. The Kier molecular flexibility index (Phi) is 4.53. The van der Waals surface area contributed by atoms with Gasteiger partial charge in [-0.05, 0) is 32.3 Å². The Bertz CT molecular complexity index is 823. The minimum atomic E-state index is 0.393. The molecule has 5 nitrogen and oxygen atoms in total. The summed E-state index contributed by atoms with van der Waals surface area (Å²) in [6.07, 6.45) is 6.18. The first-order valence-corrected chi connectivity index (χ1v) is 9.69. The van der Waals surface area contributed by atoms with Crippen LogP contribution in [0.15, 0.2) is 42.9 Å². The lowest BCUT2D eigenvalue weighted by molar-refractivity contribution is 0.454. The lowest BCUT2D eigenvalue weighted by Gasteiger charge is -2.32. The first-order chi connectivity index (χ1) is 12.2. The summed E-state index contributed by atoms with van der Waals surface area (Å²) in [4.78, 5) is 8.32. The van der Waals surface area contributed by atoms with Gasteiger partial charge in [-0.3, -0.25) is 0 Å². The number of piperidine rings is 1. The van der Waals surface area contributed by atoms with Crippen molar-refractivity contribution in [1.29, 1.82) is 0 Å². The summed E-state index contributed by atoms with van der Waals surface area (Å²) in [6.45, 7) is 6.39. The second-order valence-electron chi connectivity index (χ2n) is 6.85. The number of hydrogen-bond acceptors (Lipinski definition) is 5. The highest BCUT2D eigenvalue weighted by Gasteiger charge is 2.27. The van der Waals surface area contributed by atoms with Crippen molar-refractivity contribution in [3.8, 4) is 10.4 Å². The van der Waals surface area contributed by atoms with Gasteiger partial charge >= 0.3 is 0 Å². The van der Waals surface area contributed by atoms with Crippen LogP contribution >= 0.6 is 11.3 Å². The van der Waals surface area contributed by atoms with Crippen LogP contribution in [0, 0.1) is 0 Å². The minimum Gasteiger partial charge on any atom is -0.347 e. The molecule has 0 spiro atoms. The Hall–Kier alpha value is -2.21. The summed E-state index contributed by atoms with van der Waals surface area (Å²) in [5, 5.41) is 9.66. The van der Waals surface area contributed by atoms with Crippen LogP contribution in [0.4, 0.5) is 5.13 Å². The molecule has 6 heteroatoms. The average molecular weight is 353 g/mol. The van der Waals surface area contributed by atoms with Crippen LogP contribution in [0.25, 0.3) is 10.4 Å². The van der Waals surface area contributed by atoms with E-state index in [4.69, 9.17) is 4.98 Å². The maximum atomic E-state index is 4.69. The second kappa shape index (κ2) is 6.96. The van der Waals surface area contributed by atoms with E-state index >= 15 is 0 Å².